The van der Waals surface area contributed by atoms with Crippen LogP contribution in [0.25, 0.3) is 0 Å². The highest BCUT2D eigenvalue weighted by Crippen LogP contribution is 2.13. The Labute approximate surface area is 212 Å². The largest absolute Gasteiger partial charge is 0.459 e. The van der Waals surface area contributed by atoms with E-state index in [0.717, 1.165) is 5.56 Å². The fourth-order valence-electron chi connectivity index (χ4n) is 3.48. The van der Waals surface area contributed by atoms with E-state index >= 15 is 0 Å². The molecule has 0 aromatic heterocycles. The minimum Gasteiger partial charge on any atom is -0.459 e. The number of esters is 1. The van der Waals surface area contributed by atoms with E-state index in [1.165, 1.54) is 12.1 Å². The second-order valence-corrected chi connectivity index (χ2v) is 10.7. The fraction of sp³-hybridized carbons (Fsp3) is 0.241. The third-order valence-corrected chi connectivity index (χ3v) is 6.79. The monoisotopic (exact) mass is 503 g/mol. The molecule has 0 bridgehead atoms. The highest BCUT2D eigenvalue weighted by molar-refractivity contribution is 7.91. The van der Waals surface area contributed by atoms with Crippen molar-refractivity contribution in [1.29, 1.82) is 0 Å². The zero-order valence-electron chi connectivity index (χ0n) is 20.3. The number of sulfone groups is 1. The molecule has 0 aliphatic carbocycles. The maximum absolute atomic E-state index is 13.1. The second kappa shape index (κ2) is 12.7. The first-order valence-corrected chi connectivity index (χ1v) is 13.3. The summed E-state index contributed by atoms with van der Waals surface area (Å²) in [7, 11) is -3.57. The van der Waals surface area contributed by atoms with Gasteiger partial charge >= 0.3 is 5.97 Å². The van der Waals surface area contributed by atoms with Crippen LogP contribution in [0.1, 0.15) is 41.8 Å². The van der Waals surface area contributed by atoms with Crippen molar-refractivity contribution in [1.82, 2.24) is 5.32 Å². The Morgan fingerprint density at radius 2 is 1.50 bits per heavy atom. The topological polar surface area (TPSA) is 89.5 Å². The normalized spacial score (nSPS) is 11.8. The number of hydrogen-bond acceptors (Lipinski definition) is 5. The molecule has 0 saturated carbocycles. The lowest BCUT2D eigenvalue weighted by atomic mass is 10.0. The van der Waals surface area contributed by atoms with Crippen LogP contribution in [-0.4, -0.2) is 32.1 Å². The first-order valence-electron chi connectivity index (χ1n) is 11.6. The van der Waals surface area contributed by atoms with Gasteiger partial charge in [0.05, 0.1) is 10.5 Å². The van der Waals surface area contributed by atoms with E-state index in [2.05, 4.69) is 17.2 Å². The van der Waals surface area contributed by atoms with Crippen molar-refractivity contribution in [2.45, 2.75) is 37.8 Å². The Morgan fingerprint density at radius 3 is 2.17 bits per heavy atom. The summed E-state index contributed by atoms with van der Waals surface area (Å²) in [4.78, 5) is 26.1. The van der Waals surface area contributed by atoms with Crippen LogP contribution in [0.5, 0.6) is 0 Å². The molecule has 36 heavy (non-hydrogen) atoms. The van der Waals surface area contributed by atoms with Crippen molar-refractivity contribution in [3.05, 3.63) is 102 Å². The molecule has 0 unspecified atom stereocenters. The van der Waals surface area contributed by atoms with Crippen molar-refractivity contribution in [2.75, 3.05) is 5.75 Å². The first-order chi connectivity index (χ1) is 17.3. The van der Waals surface area contributed by atoms with E-state index in [1.807, 2.05) is 44.2 Å². The van der Waals surface area contributed by atoms with Gasteiger partial charge in [-0.3, -0.25) is 4.79 Å². The molecular weight excluding hydrogens is 474 g/mol. The Morgan fingerprint density at radius 1 is 0.889 bits per heavy atom. The first kappa shape index (κ1) is 26.7. The number of carbonyl (C=O) groups excluding carboxylic acids is 2. The van der Waals surface area contributed by atoms with Crippen molar-refractivity contribution in [3.63, 3.8) is 0 Å². The zero-order valence-corrected chi connectivity index (χ0v) is 21.1. The summed E-state index contributed by atoms with van der Waals surface area (Å²) in [5, 5.41) is 2.77. The summed E-state index contributed by atoms with van der Waals surface area (Å²) in [6.45, 7) is 4.02. The number of amides is 1. The molecule has 3 aromatic rings. The van der Waals surface area contributed by atoms with Crippen molar-refractivity contribution in [3.8, 4) is 11.8 Å². The molecule has 0 fully saturated rings. The molecule has 0 saturated heterocycles. The maximum atomic E-state index is 13.1. The van der Waals surface area contributed by atoms with E-state index < -0.39 is 27.8 Å². The Bertz CT molecular complexity index is 1340. The van der Waals surface area contributed by atoms with Crippen LogP contribution in [0.2, 0.25) is 0 Å². The molecule has 1 amide bonds. The number of benzene rings is 3. The Kier molecular flexibility index (Phi) is 9.43. The van der Waals surface area contributed by atoms with Gasteiger partial charge in [0.1, 0.15) is 18.4 Å². The number of carbonyl (C=O) groups is 2. The lowest BCUT2D eigenvalue weighted by Crippen LogP contribution is -2.42. The number of hydrogen-bond donors (Lipinski definition) is 1. The molecular formula is C29H29NO5S. The predicted octanol–water partition coefficient (Wildman–Crippen LogP) is 4.40. The average molecular weight is 504 g/mol. The highest BCUT2D eigenvalue weighted by atomic mass is 32.2. The number of nitrogens with one attached hydrogen (secondary N) is 1. The van der Waals surface area contributed by atoms with E-state index in [4.69, 9.17) is 4.74 Å². The van der Waals surface area contributed by atoms with Crippen LogP contribution >= 0.6 is 0 Å². The predicted molar refractivity (Wildman–Crippen MR) is 139 cm³/mol. The van der Waals surface area contributed by atoms with E-state index in [0.29, 0.717) is 12.0 Å². The van der Waals surface area contributed by atoms with Crippen LogP contribution in [0.15, 0.2) is 89.8 Å². The molecule has 1 N–H and O–H groups in total. The summed E-state index contributed by atoms with van der Waals surface area (Å²) < 4.78 is 30.4. The van der Waals surface area contributed by atoms with Crippen molar-refractivity contribution < 1.29 is 22.7 Å². The third kappa shape index (κ3) is 7.82. The molecule has 3 rings (SSSR count). The minimum atomic E-state index is -3.57. The van der Waals surface area contributed by atoms with Crippen LogP contribution in [0.4, 0.5) is 0 Å². The van der Waals surface area contributed by atoms with Crippen molar-refractivity contribution >= 4 is 21.7 Å². The zero-order chi connectivity index (χ0) is 26.0. The SMILES string of the molecule is CC(C)C[C@H](NC(=O)c1ccccc1C#CCS(=O)(=O)c1ccccc1)C(=O)OCc1ccccc1. The van der Waals surface area contributed by atoms with Gasteiger partial charge in [-0.15, -0.1) is 0 Å². The van der Waals surface area contributed by atoms with Gasteiger partial charge < -0.3 is 10.1 Å². The van der Waals surface area contributed by atoms with Gasteiger partial charge in [-0.25, -0.2) is 13.2 Å². The number of ether oxygens (including phenoxy) is 1. The van der Waals surface area contributed by atoms with Crippen LogP contribution in [0, 0.1) is 17.8 Å². The molecule has 0 aliphatic rings. The van der Waals surface area contributed by atoms with Gasteiger partial charge in [0.15, 0.2) is 9.84 Å². The van der Waals surface area contributed by atoms with Gasteiger partial charge in [0.25, 0.3) is 5.91 Å². The lowest BCUT2D eigenvalue weighted by Gasteiger charge is -2.20. The maximum Gasteiger partial charge on any atom is 0.328 e. The lowest BCUT2D eigenvalue weighted by molar-refractivity contribution is -0.147. The van der Waals surface area contributed by atoms with Gasteiger partial charge in [-0.2, -0.15) is 0 Å². The molecule has 6 nitrogen and oxygen atoms in total. The molecule has 0 radical (unpaired) electrons. The standard InChI is InChI=1S/C29H29NO5S/c1-22(2)20-27(29(32)35-21-23-12-5-3-6-13-23)30-28(31)26-18-10-9-14-24(26)15-11-19-36(33,34)25-16-7-4-8-17-25/h3-10,12-14,16-18,22,27H,19-21H2,1-2H3,(H,30,31)/t27-/m0/s1. The molecule has 7 heteroatoms. The average Bonchev–Trinajstić information content (AvgIpc) is 2.88. The summed E-state index contributed by atoms with van der Waals surface area (Å²) in [5.74, 6) is 4.24. The summed E-state index contributed by atoms with van der Waals surface area (Å²) in [6, 6.07) is 23.2. The molecule has 0 heterocycles. The second-order valence-electron chi connectivity index (χ2n) is 8.67. The van der Waals surface area contributed by atoms with E-state index in [1.54, 1.807) is 42.5 Å². The van der Waals surface area contributed by atoms with Crippen LogP contribution < -0.4 is 5.32 Å². The van der Waals surface area contributed by atoms with Crippen LogP contribution in [-0.2, 0) is 26.0 Å². The van der Waals surface area contributed by atoms with Gasteiger partial charge in [-0.05, 0) is 42.2 Å². The Balaban J connectivity index is 1.72. The molecule has 0 spiro atoms. The third-order valence-electron chi connectivity index (χ3n) is 5.28. The van der Waals surface area contributed by atoms with E-state index in [-0.39, 0.29) is 28.7 Å². The molecule has 0 aliphatic heterocycles. The Hall–Kier alpha value is -3.89. The van der Waals surface area contributed by atoms with E-state index in [9.17, 15) is 18.0 Å². The quantitative estimate of drug-likeness (QED) is 0.345. The summed E-state index contributed by atoms with van der Waals surface area (Å²) in [5.41, 5.74) is 1.48. The van der Waals surface area contributed by atoms with Crippen LogP contribution in [0.3, 0.4) is 0 Å². The molecule has 3 aromatic carbocycles. The highest BCUT2D eigenvalue weighted by Gasteiger charge is 2.25. The summed E-state index contributed by atoms with van der Waals surface area (Å²) in [6.07, 6.45) is 0.405. The smallest absolute Gasteiger partial charge is 0.328 e. The van der Waals surface area contributed by atoms with Crippen molar-refractivity contribution in [2.24, 2.45) is 5.92 Å². The molecule has 1 atom stereocenters. The number of rotatable bonds is 9. The van der Waals surface area contributed by atoms with Gasteiger partial charge in [0, 0.05) is 5.56 Å². The minimum absolute atomic E-state index is 0.113. The van der Waals surface area contributed by atoms with Gasteiger partial charge in [-0.1, -0.05) is 86.4 Å². The van der Waals surface area contributed by atoms with Gasteiger partial charge in [0.2, 0.25) is 0 Å². The summed E-state index contributed by atoms with van der Waals surface area (Å²) >= 11 is 0. The molecule has 186 valence electrons. The fourth-order valence-corrected chi connectivity index (χ4v) is 4.48.